The lowest BCUT2D eigenvalue weighted by molar-refractivity contribution is -0.160. The van der Waals surface area contributed by atoms with Gasteiger partial charge in [-0.3, -0.25) is 9.59 Å². The zero-order valence-electron chi connectivity index (χ0n) is 12.8. The fourth-order valence-electron chi connectivity index (χ4n) is 3.33. The second-order valence-electron chi connectivity index (χ2n) is 6.17. The van der Waals surface area contributed by atoms with Gasteiger partial charge in [0.25, 0.3) is 0 Å². The highest BCUT2D eigenvalue weighted by Gasteiger charge is 2.44. The number of amides is 1. The van der Waals surface area contributed by atoms with Gasteiger partial charge in [0.05, 0.1) is 24.0 Å². The van der Waals surface area contributed by atoms with Crippen LogP contribution in [0.2, 0.25) is 0 Å². The van der Waals surface area contributed by atoms with Crippen molar-refractivity contribution in [2.75, 3.05) is 33.4 Å². The molecule has 0 aromatic rings. The Morgan fingerprint density at radius 2 is 2.05 bits per heavy atom. The van der Waals surface area contributed by atoms with Crippen LogP contribution in [0.4, 0.5) is 0 Å². The maximum atomic E-state index is 12.6. The van der Waals surface area contributed by atoms with E-state index in [1.807, 2.05) is 6.92 Å². The minimum absolute atomic E-state index is 0.0450. The van der Waals surface area contributed by atoms with Crippen LogP contribution in [0.5, 0.6) is 0 Å². The number of hydrogen-bond donors (Lipinski definition) is 1. The van der Waals surface area contributed by atoms with Crippen LogP contribution in [0, 0.1) is 11.3 Å². The van der Waals surface area contributed by atoms with Crippen molar-refractivity contribution in [1.29, 1.82) is 0 Å². The first-order valence-electron chi connectivity index (χ1n) is 7.63. The average molecular weight is 299 g/mol. The van der Waals surface area contributed by atoms with Gasteiger partial charge in [-0.2, -0.15) is 0 Å². The van der Waals surface area contributed by atoms with Gasteiger partial charge in [-0.25, -0.2) is 0 Å². The summed E-state index contributed by atoms with van der Waals surface area (Å²) in [6.45, 7) is 3.84. The number of carboxylic acids is 1. The van der Waals surface area contributed by atoms with Gasteiger partial charge in [-0.1, -0.05) is 0 Å². The summed E-state index contributed by atoms with van der Waals surface area (Å²) in [7, 11) is 1.52. The minimum atomic E-state index is -0.847. The molecule has 0 radical (unpaired) electrons. The van der Waals surface area contributed by atoms with Crippen LogP contribution in [0.1, 0.15) is 32.6 Å². The first kappa shape index (κ1) is 16.2. The predicted molar refractivity (Wildman–Crippen MR) is 75.9 cm³/mol. The number of likely N-dealkylation sites (tertiary alicyclic amines) is 1. The normalized spacial score (nSPS) is 29.1. The quantitative estimate of drug-likeness (QED) is 0.842. The Hall–Kier alpha value is -1.14. The van der Waals surface area contributed by atoms with Gasteiger partial charge in [0.15, 0.2) is 0 Å². The van der Waals surface area contributed by atoms with E-state index in [0.29, 0.717) is 25.9 Å². The van der Waals surface area contributed by atoms with Crippen molar-refractivity contribution in [2.45, 2.75) is 38.7 Å². The highest BCUT2D eigenvalue weighted by atomic mass is 16.5. The Balaban J connectivity index is 1.96. The number of nitrogens with zero attached hydrogens (tertiary/aromatic N) is 1. The Bertz CT molecular complexity index is 390. The lowest BCUT2D eigenvalue weighted by Crippen LogP contribution is -2.51. The molecule has 2 fully saturated rings. The molecule has 1 N–H and O–H groups in total. The van der Waals surface area contributed by atoms with Gasteiger partial charge in [-0.05, 0) is 32.6 Å². The van der Waals surface area contributed by atoms with Crippen molar-refractivity contribution >= 4 is 11.9 Å². The standard InChI is InChI=1S/C15H25NO5/c1-11-12(4-3-9-21-11)13(17)16-7-5-15(6-8-16,10-20-2)14(18)19/h11-12H,3-10H2,1-2H3,(H,18,19). The van der Waals surface area contributed by atoms with Crippen LogP contribution < -0.4 is 0 Å². The molecule has 0 aliphatic carbocycles. The van der Waals surface area contributed by atoms with E-state index in [2.05, 4.69) is 0 Å². The molecule has 0 saturated carbocycles. The predicted octanol–water partition coefficient (Wildman–Crippen LogP) is 1.14. The van der Waals surface area contributed by atoms with Gasteiger partial charge < -0.3 is 19.5 Å². The smallest absolute Gasteiger partial charge is 0.312 e. The first-order valence-corrected chi connectivity index (χ1v) is 7.63. The molecular formula is C15H25NO5. The summed E-state index contributed by atoms with van der Waals surface area (Å²) in [5.41, 5.74) is -0.847. The number of methoxy groups -OCH3 is 1. The van der Waals surface area contributed by atoms with Crippen LogP contribution in [0.25, 0.3) is 0 Å². The molecule has 2 heterocycles. The van der Waals surface area contributed by atoms with E-state index in [-0.39, 0.29) is 24.5 Å². The fourth-order valence-corrected chi connectivity index (χ4v) is 3.33. The summed E-state index contributed by atoms with van der Waals surface area (Å²) >= 11 is 0. The summed E-state index contributed by atoms with van der Waals surface area (Å²) in [5, 5.41) is 9.43. The third-order valence-corrected chi connectivity index (χ3v) is 4.83. The number of piperidine rings is 1. The van der Waals surface area contributed by atoms with E-state index in [1.165, 1.54) is 7.11 Å². The van der Waals surface area contributed by atoms with Gasteiger partial charge >= 0.3 is 5.97 Å². The number of carbonyl (C=O) groups excluding carboxylic acids is 1. The van der Waals surface area contributed by atoms with Gasteiger partial charge in [0, 0.05) is 26.8 Å². The van der Waals surface area contributed by atoms with Crippen molar-refractivity contribution in [3.63, 3.8) is 0 Å². The number of aliphatic carboxylic acids is 1. The highest BCUT2D eigenvalue weighted by Crippen LogP contribution is 2.33. The molecule has 21 heavy (non-hydrogen) atoms. The number of rotatable bonds is 4. The second kappa shape index (κ2) is 6.75. The van der Waals surface area contributed by atoms with E-state index < -0.39 is 11.4 Å². The molecule has 2 aliphatic heterocycles. The lowest BCUT2D eigenvalue weighted by atomic mass is 9.78. The third-order valence-electron chi connectivity index (χ3n) is 4.83. The van der Waals surface area contributed by atoms with Crippen molar-refractivity contribution in [1.82, 2.24) is 4.90 Å². The van der Waals surface area contributed by atoms with Crippen molar-refractivity contribution in [3.05, 3.63) is 0 Å². The molecule has 2 saturated heterocycles. The molecule has 2 unspecified atom stereocenters. The molecular weight excluding hydrogens is 274 g/mol. The molecule has 0 bridgehead atoms. The largest absolute Gasteiger partial charge is 0.481 e. The van der Waals surface area contributed by atoms with E-state index in [1.54, 1.807) is 4.90 Å². The Morgan fingerprint density at radius 3 is 2.57 bits per heavy atom. The summed E-state index contributed by atoms with van der Waals surface area (Å²) in [4.78, 5) is 25.9. The third kappa shape index (κ3) is 3.37. The molecule has 0 aromatic heterocycles. The number of carbonyl (C=O) groups is 2. The molecule has 0 spiro atoms. The van der Waals surface area contributed by atoms with E-state index in [4.69, 9.17) is 9.47 Å². The van der Waals surface area contributed by atoms with E-state index in [0.717, 1.165) is 19.4 Å². The van der Waals surface area contributed by atoms with Crippen molar-refractivity contribution < 1.29 is 24.2 Å². The number of carboxylic acid groups (broad SMARTS) is 1. The molecule has 6 heteroatoms. The second-order valence-corrected chi connectivity index (χ2v) is 6.17. The first-order chi connectivity index (χ1) is 10.00. The van der Waals surface area contributed by atoms with Crippen LogP contribution in [-0.4, -0.2) is 61.4 Å². The topological polar surface area (TPSA) is 76.1 Å². The number of ether oxygens (including phenoxy) is 2. The molecule has 2 rings (SSSR count). The molecule has 1 amide bonds. The zero-order valence-corrected chi connectivity index (χ0v) is 12.8. The Labute approximate surface area is 125 Å². The van der Waals surface area contributed by atoms with Crippen molar-refractivity contribution in [3.8, 4) is 0 Å². The number of hydrogen-bond acceptors (Lipinski definition) is 4. The average Bonchev–Trinajstić information content (AvgIpc) is 2.48. The van der Waals surface area contributed by atoms with Crippen LogP contribution in [-0.2, 0) is 19.1 Å². The summed E-state index contributed by atoms with van der Waals surface area (Å²) in [6, 6.07) is 0. The minimum Gasteiger partial charge on any atom is -0.481 e. The lowest BCUT2D eigenvalue weighted by Gasteiger charge is -2.40. The van der Waals surface area contributed by atoms with Gasteiger partial charge in [0.1, 0.15) is 0 Å². The van der Waals surface area contributed by atoms with Gasteiger partial charge in [0.2, 0.25) is 5.91 Å². The van der Waals surface area contributed by atoms with Crippen LogP contribution in [0.15, 0.2) is 0 Å². The summed E-state index contributed by atoms with van der Waals surface area (Å²) < 4.78 is 10.6. The van der Waals surface area contributed by atoms with E-state index >= 15 is 0 Å². The maximum absolute atomic E-state index is 12.6. The van der Waals surface area contributed by atoms with Gasteiger partial charge in [-0.15, -0.1) is 0 Å². The highest BCUT2D eigenvalue weighted by molar-refractivity contribution is 5.80. The van der Waals surface area contributed by atoms with Crippen LogP contribution >= 0.6 is 0 Å². The molecule has 120 valence electrons. The molecule has 6 nitrogen and oxygen atoms in total. The zero-order chi connectivity index (χ0) is 15.5. The monoisotopic (exact) mass is 299 g/mol. The molecule has 2 atom stereocenters. The van der Waals surface area contributed by atoms with Crippen LogP contribution in [0.3, 0.4) is 0 Å². The van der Waals surface area contributed by atoms with Crippen molar-refractivity contribution in [2.24, 2.45) is 11.3 Å². The fraction of sp³-hybridized carbons (Fsp3) is 0.867. The summed E-state index contributed by atoms with van der Waals surface area (Å²) in [6.07, 6.45) is 2.63. The molecule has 0 aromatic carbocycles. The Kier molecular flexibility index (Phi) is 5.22. The summed E-state index contributed by atoms with van der Waals surface area (Å²) in [5.74, 6) is -0.803. The maximum Gasteiger partial charge on any atom is 0.312 e. The van der Waals surface area contributed by atoms with E-state index in [9.17, 15) is 14.7 Å². The Morgan fingerprint density at radius 1 is 1.38 bits per heavy atom. The molecule has 2 aliphatic rings. The SMILES string of the molecule is COCC1(C(=O)O)CCN(C(=O)C2CCCOC2C)CC1.